The van der Waals surface area contributed by atoms with E-state index in [1.54, 1.807) is 5.17 Å². The highest BCUT2D eigenvalue weighted by atomic mass is 28.2. The molecule has 1 amide bonds. The Labute approximate surface area is 113 Å². The van der Waals surface area contributed by atoms with Gasteiger partial charge in [0.1, 0.15) is 0 Å². The van der Waals surface area contributed by atoms with Gasteiger partial charge in [-0.1, -0.05) is 24.2 Å². The Hall–Kier alpha value is -0.703. The van der Waals surface area contributed by atoms with Crippen LogP contribution in [0.15, 0.2) is 12.2 Å². The van der Waals surface area contributed by atoms with Crippen molar-refractivity contribution in [1.29, 1.82) is 0 Å². The minimum atomic E-state index is -0.373. The maximum atomic E-state index is 12.0. The summed E-state index contributed by atoms with van der Waals surface area (Å²) in [5.74, 6) is 3.44. The third-order valence-corrected chi connectivity index (χ3v) is 13.2. The zero-order valence-corrected chi connectivity index (χ0v) is 12.2. The summed E-state index contributed by atoms with van der Waals surface area (Å²) >= 11 is 0. The number of hydrogen-bond donors (Lipinski definition) is 1. The summed E-state index contributed by atoms with van der Waals surface area (Å²) in [5, 5.41) is 2.47. The highest BCUT2D eigenvalue weighted by Crippen LogP contribution is 3.33. The SMILES string of the molecule is CC1=[Si](C23C4C5CC26C2C5(C(N)=O)C26C43)C(C)C=C1. The lowest BCUT2D eigenvalue weighted by Gasteiger charge is -2.48. The summed E-state index contributed by atoms with van der Waals surface area (Å²) in [4.78, 5) is 12.0. The summed E-state index contributed by atoms with van der Waals surface area (Å²) in [5.41, 5.74) is 7.84. The molecule has 0 saturated heterocycles. The van der Waals surface area contributed by atoms with Gasteiger partial charge in [-0.3, -0.25) is 4.79 Å². The monoisotopic (exact) mass is 267 g/mol. The van der Waals surface area contributed by atoms with E-state index >= 15 is 0 Å². The van der Waals surface area contributed by atoms with Crippen molar-refractivity contribution >= 4 is 19.5 Å². The number of carbonyl (C=O) groups excluding carboxylic acids is 1. The number of carbonyl (C=O) groups is 1. The van der Waals surface area contributed by atoms with Gasteiger partial charge in [-0.25, -0.2) is 0 Å². The molecule has 8 saturated carbocycles. The molecule has 0 radical (unpaired) electrons. The Bertz CT molecular complexity index is 733. The van der Waals surface area contributed by atoms with E-state index in [0.29, 0.717) is 10.8 Å². The average Bonchev–Trinajstić information content (AvgIpc) is 3.17. The van der Waals surface area contributed by atoms with Gasteiger partial charge in [0.25, 0.3) is 0 Å². The average molecular weight is 267 g/mol. The van der Waals surface area contributed by atoms with Crippen molar-refractivity contribution in [1.82, 2.24) is 0 Å². The van der Waals surface area contributed by atoms with E-state index in [0.717, 1.165) is 34.3 Å². The van der Waals surface area contributed by atoms with Gasteiger partial charge in [0.15, 0.2) is 0 Å². The number of rotatable bonds is 2. The van der Waals surface area contributed by atoms with Gasteiger partial charge in [0, 0.05) is 8.41 Å². The molecule has 19 heavy (non-hydrogen) atoms. The number of amides is 1. The lowest BCUT2D eigenvalue weighted by Crippen LogP contribution is -2.50. The third kappa shape index (κ3) is 0.402. The summed E-state index contributed by atoms with van der Waals surface area (Å²) in [7, 11) is -0.373. The number of nitrogens with two attached hydrogens (primary N) is 1. The van der Waals surface area contributed by atoms with Crippen LogP contribution in [0.4, 0.5) is 0 Å². The van der Waals surface area contributed by atoms with Crippen LogP contribution in [0.2, 0.25) is 10.6 Å². The van der Waals surface area contributed by atoms with Crippen LogP contribution in [0.5, 0.6) is 0 Å². The van der Waals surface area contributed by atoms with Crippen LogP contribution in [0.1, 0.15) is 20.3 Å². The summed E-state index contributed by atoms with van der Waals surface area (Å²) in [6, 6.07) is 0. The van der Waals surface area contributed by atoms with E-state index in [1.165, 1.54) is 6.42 Å². The Morgan fingerprint density at radius 2 is 2.32 bits per heavy atom. The first-order valence-corrected chi connectivity index (χ1v) is 9.34. The molecule has 0 aromatic heterocycles. The molecular weight excluding hydrogens is 250 g/mol. The van der Waals surface area contributed by atoms with Gasteiger partial charge >= 0.3 is 0 Å². The Kier molecular flexibility index (Phi) is 0.886. The molecular formula is C16H17NOSi. The quantitative estimate of drug-likeness (QED) is 0.754. The minimum absolute atomic E-state index is 0.0513. The zero-order valence-electron chi connectivity index (χ0n) is 11.2. The van der Waals surface area contributed by atoms with Gasteiger partial charge in [0.05, 0.1) is 5.41 Å². The smallest absolute Gasteiger partial charge is 0.224 e. The first-order valence-electron chi connectivity index (χ1n) is 7.76. The van der Waals surface area contributed by atoms with Crippen LogP contribution in [-0.2, 0) is 4.79 Å². The summed E-state index contributed by atoms with van der Waals surface area (Å²) in [6.07, 6.45) is 6.26. The van der Waals surface area contributed by atoms with Crippen LogP contribution in [-0.4, -0.2) is 19.5 Å². The van der Waals surface area contributed by atoms with Gasteiger partial charge in [-0.05, 0) is 58.4 Å². The Morgan fingerprint density at radius 1 is 1.53 bits per heavy atom. The maximum Gasteiger partial charge on any atom is 0.224 e. The Balaban J connectivity index is 1.47. The fourth-order valence-electron chi connectivity index (χ4n) is 9.71. The molecule has 3 heteroatoms. The molecule has 1 aliphatic heterocycles. The molecule has 8 fully saturated rings. The molecule has 96 valence electrons. The first-order chi connectivity index (χ1) is 9.07. The molecule has 0 aromatic rings. The van der Waals surface area contributed by atoms with Crippen molar-refractivity contribution in [3.05, 3.63) is 12.2 Å². The van der Waals surface area contributed by atoms with Crippen LogP contribution < -0.4 is 5.73 Å². The number of primary amides is 1. The van der Waals surface area contributed by atoms with E-state index in [1.807, 2.05) is 0 Å². The fraction of sp³-hybridized carbons (Fsp3) is 0.750. The van der Waals surface area contributed by atoms with Crippen LogP contribution in [0.3, 0.4) is 0 Å². The topological polar surface area (TPSA) is 43.1 Å². The molecule has 2 N–H and O–H groups in total. The van der Waals surface area contributed by atoms with Crippen LogP contribution in [0.25, 0.3) is 0 Å². The highest BCUT2D eigenvalue weighted by molar-refractivity contribution is 6.80. The van der Waals surface area contributed by atoms with E-state index in [9.17, 15) is 4.79 Å². The number of allylic oxidation sites excluding steroid dienone is 2. The van der Waals surface area contributed by atoms with E-state index < -0.39 is 0 Å². The van der Waals surface area contributed by atoms with Gasteiger partial charge in [0.2, 0.25) is 5.91 Å². The van der Waals surface area contributed by atoms with Gasteiger partial charge in [-0.2, -0.15) is 0 Å². The molecule has 1 heterocycles. The van der Waals surface area contributed by atoms with Crippen molar-refractivity contribution in [2.45, 2.75) is 30.8 Å². The van der Waals surface area contributed by atoms with E-state index in [2.05, 4.69) is 26.0 Å². The second-order valence-corrected chi connectivity index (χ2v) is 11.8. The zero-order chi connectivity index (χ0) is 12.7. The predicted octanol–water partition coefficient (Wildman–Crippen LogP) is 1.34. The molecule has 4 bridgehead atoms. The fourth-order valence-corrected chi connectivity index (χ4v) is 14.7. The largest absolute Gasteiger partial charge is 0.369 e. The van der Waals surface area contributed by atoms with Gasteiger partial charge in [-0.15, -0.1) is 0 Å². The van der Waals surface area contributed by atoms with Crippen molar-refractivity contribution < 1.29 is 4.79 Å². The highest BCUT2D eigenvalue weighted by Gasteiger charge is 3.31. The minimum Gasteiger partial charge on any atom is -0.369 e. The summed E-state index contributed by atoms with van der Waals surface area (Å²) < 4.78 is 0. The molecule has 9 unspecified atom stereocenters. The second kappa shape index (κ2) is 1.82. The molecule has 2 nitrogen and oxygen atoms in total. The first kappa shape index (κ1) is 9.27. The van der Waals surface area contributed by atoms with E-state index in [4.69, 9.17) is 5.73 Å². The second-order valence-electron chi connectivity index (χ2n) is 8.43. The molecule has 8 aliphatic carbocycles. The van der Waals surface area contributed by atoms with Crippen molar-refractivity contribution in [3.8, 4) is 0 Å². The molecule has 9 aliphatic rings. The van der Waals surface area contributed by atoms with Gasteiger partial charge < -0.3 is 5.73 Å². The third-order valence-electron chi connectivity index (χ3n) is 9.08. The van der Waals surface area contributed by atoms with Crippen LogP contribution >= 0.6 is 0 Å². The molecule has 9 atom stereocenters. The summed E-state index contributed by atoms with van der Waals surface area (Å²) in [6.45, 7) is 4.82. The lowest BCUT2D eigenvalue weighted by atomic mass is 9.65. The lowest BCUT2D eigenvalue weighted by molar-refractivity contribution is -0.129. The van der Waals surface area contributed by atoms with Crippen molar-refractivity contribution in [2.75, 3.05) is 0 Å². The van der Waals surface area contributed by atoms with Crippen molar-refractivity contribution in [2.24, 2.45) is 45.7 Å². The van der Waals surface area contributed by atoms with Crippen LogP contribution in [0, 0.1) is 39.9 Å². The van der Waals surface area contributed by atoms with Crippen molar-refractivity contribution in [3.63, 3.8) is 0 Å². The number of hydrogen-bond acceptors (Lipinski definition) is 1. The predicted molar refractivity (Wildman–Crippen MR) is 72.8 cm³/mol. The normalized spacial score (nSPS) is 77.1. The molecule has 9 rings (SSSR count). The maximum absolute atomic E-state index is 12.0. The standard InChI is InChI=1S/C16H17NOSi/c1-6-3-4-7(2)19(6)16-9-8-5-13(16)11-14(8,12(17)18)15(11,13)10(9)16/h3-4,6,8-11H,5H2,1-2H3,(H2,17,18). The Morgan fingerprint density at radius 3 is 2.74 bits per heavy atom. The van der Waals surface area contributed by atoms with E-state index in [-0.39, 0.29) is 19.7 Å². The molecule has 0 aromatic carbocycles. The molecule has 2 spiro atoms.